The second-order valence-corrected chi connectivity index (χ2v) is 6.97. The van der Waals surface area contributed by atoms with Gasteiger partial charge < -0.3 is 20.1 Å². The van der Waals surface area contributed by atoms with Crippen molar-refractivity contribution >= 4 is 11.8 Å². The van der Waals surface area contributed by atoms with Crippen molar-refractivity contribution in [1.82, 2.24) is 20.2 Å². The lowest BCUT2D eigenvalue weighted by Gasteiger charge is -2.21. The largest absolute Gasteiger partial charge is 0.357 e. The molecule has 27 heavy (non-hydrogen) atoms. The van der Waals surface area contributed by atoms with Crippen LogP contribution in [0.4, 0.5) is 5.82 Å². The van der Waals surface area contributed by atoms with Crippen molar-refractivity contribution in [3.05, 3.63) is 48.4 Å². The fourth-order valence-corrected chi connectivity index (χ4v) is 3.33. The zero-order valence-corrected chi connectivity index (χ0v) is 16.4. The minimum Gasteiger partial charge on any atom is -0.357 e. The Hall–Kier alpha value is -2.50. The Balaban J connectivity index is 1.51. The first-order valence-electron chi connectivity index (χ1n) is 10.2. The van der Waals surface area contributed by atoms with E-state index in [1.54, 1.807) is 0 Å². The van der Waals surface area contributed by atoms with Gasteiger partial charge in [-0.1, -0.05) is 18.9 Å². The highest BCUT2D eigenvalue weighted by Crippen LogP contribution is 2.17. The Bertz CT molecular complexity index is 669. The van der Waals surface area contributed by atoms with Gasteiger partial charge in [0.05, 0.1) is 6.54 Å². The minimum atomic E-state index is 0.631. The summed E-state index contributed by atoms with van der Waals surface area (Å²) >= 11 is 0. The summed E-state index contributed by atoms with van der Waals surface area (Å²) in [6.45, 7) is 7.57. The highest BCUT2D eigenvalue weighted by Gasteiger charge is 2.10. The number of guanidine groups is 1. The van der Waals surface area contributed by atoms with Gasteiger partial charge >= 0.3 is 0 Å². The van der Waals surface area contributed by atoms with Crippen LogP contribution in [0.25, 0.3) is 0 Å². The molecular weight excluding hydrogens is 336 g/mol. The molecule has 3 heterocycles. The van der Waals surface area contributed by atoms with Gasteiger partial charge in [0.25, 0.3) is 0 Å². The molecule has 0 aliphatic carbocycles. The van der Waals surface area contributed by atoms with Gasteiger partial charge in [0.1, 0.15) is 5.82 Å². The standard InChI is InChI=1S/C21H32N6/c1-2-22-21(23-11-16-26-12-7-8-13-26)25-18-19-9-10-20(24-17-19)27-14-5-3-4-6-15-27/h7-10,12-13,17H,2-6,11,14-16,18H2,1H3,(H2,22,23,25). The van der Waals surface area contributed by atoms with Crippen LogP contribution in [0.5, 0.6) is 0 Å². The SMILES string of the molecule is CCNC(=NCc1ccc(N2CCCCCC2)nc1)NCCn1cccc1. The molecular formula is C21H32N6. The van der Waals surface area contributed by atoms with Crippen molar-refractivity contribution in [3.63, 3.8) is 0 Å². The molecule has 0 amide bonds. The lowest BCUT2D eigenvalue weighted by molar-refractivity contribution is 0.665. The molecule has 0 saturated carbocycles. The fraction of sp³-hybridized carbons (Fsp3) is 0.524. The summed E-state index contributed by atoms with van der Waals surface area (Å²) in [6, 6.07) is 8.38. The van der Waals surface area contributed by atoms with E-state index in [4.69, 9.17) is 4.99 Å². The molecule has 0 unspecified atom stereocenters. The molecule has 6 nitrogen and oxygen atoms in total. The van der Waals surface area contributed by atoms with Crippen LogP contribution < -0.4 is 15.5 Å². The number of aromatic nitrogens is 2. The first kappa shape index (κ1) is 19.3. The number of hydrogen-bond donors (Lipinski definition) is 2. The number of anilines is 1. The molecule has 2 aromatic rings. The van der Waals surface area contributed by atoms with E-state index in [-0.39, 0.29) is 0 Å². The Morgan fingerprint density at radius 1 is 1.07 bits per heavy atom. The van der Waals surface area contributed by atoms with Crippen LogP contribution in [0.3, 0.4) is 0 Å². The number of nitrogens with one attached hydrogen (secondary N) is 2. The fourth-order valence-electron chi connectivity index (χ4n) is 3.33. The molecule has 1 aliphatic rings. The maximum absolute atomic E-state index is 4.69. The monoisotopic (exact) mass is 368 g/mol. The highest BCUT2D eigenvalue weighted by atomic mass is 15.2. The van der Waals surface area contributed by atoms with E-state index >= 15 is 0 Å². The summed E-state index contributed by atoms with van der Waals surface area (Å²) in [7, 11) is 0. The molecule has 1 saturated heterocycles. The molecule has 2 aromatic heterocycles. The van der Waals surface area contributed by atoms with Crippen molar-refractivity contribution in [2.24, 2.45) is 4.99 Å². The van der Waals surface area contributed by atoms with Crippen molar-refractivity contribution in [2.45, 2.75) is 45.7 Å². The first-order valence-corrected chi connectivity index (χ1v) is 10.2. The van der Waals surface area contributed by atoms with Crippen molar-refractivity contribution in [2.75, 3.05) is 31.1 Å². The third kappa shape index (κ3) is 6.31. The summed E-state index contributed by atoms with van der Waals surface area (Å²) in [5.74, 6) is 1.95. The van der Waals surface area contributed by atoms with E-state index in [0.717, 1.165) is 50.1 Å². The van der Waals surface area contributed by atoms with E-state index in [1.807, 2.05) is 18.3 Å². The average molecular weight is 369 g/mol. The Morgan fingerprint density at radius 3 is 2.52 bits per heavy atom. The van der Waals surface area contributed by atoms with Gasteiger partial charge in [0.2, 0.25) is 0 Å². The van der Waals surface area contributed by atoms with Crippen LogP contribution in [-0.4, -0.2) is 41.7 Å². The summed E-state index contributed by atoms with van der Waals surface area (Å²) in [4.78, 5) is 11.8. The molecule has 1 aliphatic heterocycles. The van der Waals surface area contributed by atoms with Gasteiger partial charge in [-0.2, -0.15) is 0 Å². The van der Waals surface area contributed by atoms with Crippen LogP contribution in [0.2, 0.25) is 0 Å². The van der Waals surface area contributed by atoms with E-state index in [0.29, 0.717) is 6.54 Å². The van der Waals surface area contributed by atoms with Gasteiger partial charge in [0.15, 0.2) is 5.96 Å². The molecule has 0 radical (unpaired) electrons. The van der Waals surface area contributed by atoms with Crippen LogP contribution in [-0.2, 0) is 13.1 Å². The van der Waals surface area contributed by atoms with E-state index in [1.165, 1.54) is 25.7 Å². The zero-order valence-electron chi connectivity index (χ0n) is 16.4. The molecule has 0 bridgehead atoms. The number of rotatable bonds is 7. The van der Waals surface area contributed by atoms with Crippen molar-refractivity contribution in [3.8, 4) is 0 Å². The number of aliphatic imine (C=N–C) groups is 1. The molecule has 0 atom stereocenters. The van der Waals surface area contributed by atoms with Crippen molar-refractivity contribution < 1.29 is 0 Å². The second-order valence-electron chi connectivity index (χ2n) is 6.97. The van der Waals surface area contributed by atoms with Crippen LogP contribution in [0.15, 0.2) is 47.8 Å². The van der Waals surface area contributed by atoms with Crippen molar-refractivity contribution in [1.29, 1.82) is 0 Å². The molecule has 146 valence electrons. The average Bonchev–Trinajstić information content (AvgIpc) is 3.06. The lowest BCUT2D eigenvalue weighted by atomic mass is 10.2. The van der Waals surface area contributed by atoms with Crippen LogP contribution in [0, 0.1) is 0 Å². The normalized spacial score (nSPS) is 15.4. The van der Waals surface area contributed by atoms with Gasteiger partial charge in [-0.3, -0.25) is 0 Å². The zero-order chi connectivity index (χ0) is 18.7. The third-order valence-corrected chi connectivity index (χ3v) is 4.83. The predicted octanol–water partition coefficient (Wildman–Crippen LogP) is 3.02. The van der Waals surface area contributed by atoms with Gasteiger partial charge in [-0.25, -0.2) is 9.98 Å². The molecule has 2 N–H and O–H groups in total. The first-order chi connectivity index (χ1) is 13.3. The molecule has 1 fully saturated rings. The summed E-state index contributed by atoms with van der Waals surface area (Å²) in [5.41, 5.74) is 1.14. The maximum Gasteiger partial charge on any atom is 0.191 e. The number of nitrogens with zero attached hydrogens (tertiary/aromatic N) is 4. The summed E-state index contributed by atoms with van der Waals surface area (Å²) in [6.07, 6.45) is 11.3. The van der Waals surface area contributed by atoms with E-state index in [2.05, 4.69) is 56.5 Å². The molecule has 0 aromatic carbocycles. The quantitative estimate of drug-likeness (QED) is 0.583. The minimum absolute atomic E-state index is 0.631. The topological polar surface area (TPSA) is 57.5 Å². The summed E-state index contributed by atoms with van der Waals surface area (Å²) in [5, 5.41) is 6.69. The molecule has 0 spiro atoms. The maximum atomic E-state index is 4.69. The summed E-state index contributed by atoms with van der Waals surface area (Å²) < 4.78 is 2.15. The van der Waals surface area contributed by atoms with E-state index in [9.17, 15) is 0 Å². The van der Waals surface area contributed by atoms with Gasteiger partial charge in [-0.15, -0.1) is 0 Å². The Labute approximate surface area is 162 Å². The van der Waals surface area contributed by atoms with E-state index < -0.39 is 0 Å². The van der Waals surface area contributed by atoms with Crippen LogP contribution >= 0.6 is 0 Å². The Morgan fingerprint density at radius 2 is 1.85 bits per heavy atom. The van der Waals surface area contributed by atoms with Crippen LogP contribution in [0.1, 0.15) is 38.2 Å². The Kier molecular flexibility index (Phi) is 7.56. The smallest absolute Gasteiger partial charge is 0.191 e. The predicted molar refractivity (Wildman–Crippen MR) is 112 cm³/mol. The molecule has 3 rings (SSSR count). The number of hydrogen-bond acceptors (Lipinski definition) is 3. The third-order valence-electron chi connectivity index (χ3n) is 4.83. The van der Waals surface area contributed by atoms with Gasteiger partial charge in [0, 0.05) is 51.3 Å². The number of pyridine rings is 1. The highest BCUT2D eigenvalue weighted by molar-refractivity contribution is 5.79. The van der Waals surface area contributed by atoms with Gasteiger partial charge in [-0.05, 0) is 43.5 Å². The molecule has 6 heteroatoms. The second kappa shape index (κ2) is 10.6. The lowest BCUT2D eigenvalue weighted by Crippen LogP contribution is -2.38.